The highest BCUT2D eigenvalue weighted by Crippen LogP contribution is 2.23. The number of aliphatic carboxylic acids is 1. The van der Waals surface area contributed by atoms with Gasteiger partial charge in [-0.3, -0.25) is 14.6 Å². The zero-order valence-corrected chi connectivity index (χ0v) is 10.6. The van der Waals surface area contributed by atoms with Gasteiger partial charge in [-0.2, -0.15) is 5.10 Å². The van der Waals surface area contributed by atoms with Gasteiger partial charge in [0.1, 0.15) is 10.0 Å². The van der Waals surface area contributed by atoms with E-state index < -0.39 is 16.0 Å². The molecule has 0 atom stereocenters. The lowest BCUT2D eigenvalue weighted by Gasteiger charge is -2.02. The zero-order valence-electron chi connectivity index (χ0n) is 8.95. The molecular weight excluding hydrogens is 278 g/mol. The molecule has 2 aromatic heterocycles. The van der Waals surface area contributed by atoms with Crippen LogP contribution in [0.3, 0.4) is 0 Å². The predicted octanol–water partition coefficient (Wildman–Crippen LogP) is 0.899. The number of nitrogens with one attached hydrogen (secondary N) is 2. The second kappa shape index (κ2) is 4.78. The molecule has 2 heterocycles. The summed E-state index contributed by atoms with van der Waals surface area (Å²) in [6, 6.07) is 4.34. The van der Waals surface area contributed by atoms with Crippen molar-refractivity contribution in [3.8, 4) is 0 Å². The lowest BCUT2D eigenvalue weighted by atomic mass is 10.3. The van der Waals surface area contributed by atoms with E-state index in [-0.39, 0.29) is 16.4 Å². The van der Waals surface area contributed by atoms with Crippen LogP contribution in [0.15, 0.2) is 28.6 Å². The van der Waals surface area contributed by atoms with Crippen LogP contribution in [0.2, 0.25) is 0 Å². The summed E-state index contributed by atoms with van der Waals surface area (Å²) < 4.78 is 26.2. The molecule has 2 aromatic rings. The summed E-state index contributed by atoms with van der Waals surface area (Å²) in [6.45, 7) is 0. The summed E-state index contributed by atoms with van der Waals surface area (Å²) in [4.78, 5) is 11.0. The van der Waals surface area contributed by atoms with Crippen molar-refractivity contribution in [2.75, 3.05) is 4.72 Å². The molecule has 0 unspecified atom stereocenters. The normalized spacial score (nSPS) is 11.3. The molecule has 0 aliphatic heterocycles. The van der Waals surface area contributed by atoms with Gasteiger partial charge in [0.2, 0.25) is 0 Å². The quantitative estimate of drug-likeness (QED) is 0.756. The van der Waals surface area contributed by atoms with Crippen LogP contribution < -0.4 is 4.72 Å². The molecule has 0 bridgehead atoms. The minimum atomic E-state index is -3.69. The van der Waals surface area contributed by atoms with Crippen LogP contribution in [0.25, 0.3) is 0 Å². The average molecular weight is 287 g/mol. The maximum Gasteiger partial charge on any atom is 0.308 e. The van der Waals surface area contributed by atoms with Crippen molar-refractivity contribution in [3.05, 3.63) is 29.3 Å². The molecule has 0 aliphatic rings. The van der Waals surface area contributed by atoms with Crippen molar-refractivity contribution in [2.24, 2.45) is 0 Å². The number of sulfonamides is 1. The number of hydrogen-bond acceptors (Lipinski definition) is 5. The van der Waals surface area contributed by atoms with Crippen molar-refractivity contribution >= 4 is 33.1 Å². The van der Waals surface area contributed by atoms with Crippen molar-refractivity contribution in [2.45, 2.75) is 10.6 Å². The van der Waals surface area contributed by atoms with Gasteiger partial charge in [0.05, 0.1) is 12.6 Å². The van der Waals surface area contributed by atoms with Crippen LogP contribution in [-0.4, -0.2) is 29.7 Å². The Labute approximate surface area is 107 Å². The Morgan fingerprint density at radius 2 is 2.22 bits per heavy atom. The highest BCUT2D eigenvalue weighted by Gasteiger charge is 2.18. The molecule has 9 heteroatoms. The molecule has 0 radical (unpaired) electrons. The first-order valence-electron chi connectivity index (χ1n) is 4.80. The Morgan fingerprint density at radius 3 is 2.83 bits per heavy atom. The summed E-state index contributed by atoms with van der Waals surface area (Å²) in [7, 11) is -3.69. The van der Waals surface area contributed by atoms with Gasteiger partial charge in [-0.25, -0.2) is 8.42 Å². The second-order valence-corrected chi connectivity index (χ2v) is 6.44. The largest absolute Gasteiger partial charge is 0.481 e. The summed E-state index contributed by atoms with van der Waals surface area (Å²) in [5.74, 6) is -0.745. The highest BCUT2D eigenvalue weighted by molar-refractivity contribution is 7.94. The Kier molecular flexibility index (Phi) is 3.34. The van der Waals surface area contributed by atoms with Gasteiger partial charge in [-0.15, -0.1) is 11.3 Å². The van der Waals surface area contributed by atoms with Gasteiger partial charge in [0.15, 0.2) is 0 Å². The lowest BCUT2D eigenvalue weighted by Crippen LogP contribution is -2.11. The number of nitrogens with zero attached hydrogens (tertiary/aromatic N) is 1. The lowest BCUT2D eigenvalue weighted by molar-refractivity contribution is -0.136. The van der Waals surface area contributed by atoms with E-state index in [1.165, 1.54) is 24.4 Å². The molecule has 0 aliphatic carbocycles. The Bertz CT molecular complexity index is 645. The molecule has 0 aromatic carbocycles. The fraction of sp³-hybridized carbons (Fsp3) is 0.111. The van der Waals surface area contributed by atoms with E-state index in [4.69, 9.17) is 5.11 Å². The van der Waals surface area contributed by atoms with E-state index in [0.29, 0.717) is 4.88 Å². The molecule has 0 spiro atoms. The average Bonchev–Trinajstić information content (AvgIpc) is 2.87. The van der Waals surface area contributed by atoms with Crippen LogP contribution in [0, 0.1) is 0 Å². The molecule has 0 fully saturated rings. The number of carboxylic acids is 1. The molecule has 0 saturated carbocycles. The minimum Gasteiger partial charge on any atom is -0.481 e. The standard InChI is InChI=1S/C9H9N3O4S2/c13-8(14)5-6-1-2-9(17-6)18(15,16)12-7-3-4-10-11-7/h1-4H,5H2,(H,13,14)(H2,10,11,12). The van der Waals surface area contributed by atoms with E-state index in [1.54, 1.807) is 0 Å². The van der Waals surface area contributed by atoms with Gasteiger partial charge in [0.25, 0.3) is 10.0 Å². The first-order chi connectivity index (χ1) is 8.47. The molecule has 0 saturated heterocycles. The molecule has 96 valence electrons. The number of carboxylic acid groups (broad SMARTS) is 1. The fourth-order valence-electron chi connectivity index (χ4n) is 1.25. The Hall–Kier alpha value is -1.87. The summed E-state index contributed by atoms with van der Waals surface area (Å²) in [5, 5.41) is 14.7. The minimum absolute atomic E-state index is 0.0633. The topological polar surface area (TPSA) is 112 Å². The van der Waals surface area contributed by atoms with Gasteiger partial charge in [-0.05, 0) is 12.1 Å². The molecule has 0 amide bonds. The van der Waals surface area contributed by atoms with E-state index in [0.717, 1.165) is 11.3 Å². The highest BCUT2D eigenvalue weighted by atomic mass is 32.2. The summed E-state index contributed by atoms with van der Waals surface area (Å²) in [5.41, 5.74) is 0. The van der Waals surface area contributed by atoms with Crippen LogP contribution in [0.5, 0.6) is 0 Å². The smallest absolute Gasteiger partial charge is 0.308 e. The number of thiophene rings is 1. The Morgan fingerprint density at radius 1 is 1.44 bits per heavy atom. The van der Waals surface area contributed by atoms with Crippen molar-refractivity contribution in [1.29, 1.82) is 0 Å². The van der Waals surface area contributed by atoms with Crippen LogP contribution in [0.4, 0.5) is 5.82 Å². The number of rotatable bonds is 5. The molecular formula is C9H9N3O4S2. The maximum atomic E-state index is 11.9. The molecule has 7 nitrogen and oxygen atoms in total. The van der Waals surface area contributed by atoms with Gasteiger partial charge < -0.3 is 5.11 Å². The third kappa shape index (κ3) is 2.87. The van der Waals surface area contributed by atoms with E-state index in [1.807, 2.05) is 0 Å². The van der Waals surface area contributed by atoms with Crippen molar-refractivity contribution in [1.82, 2.24) is 10.2 Å². The van der Waals surface area contributed by atoms with E-state index >= 15 is 0 Å². The first-order valence-corrected chi connectivity index (χ1v) is 7.10. The predicted molar refractivity (Wildman–Crippen MR) is 65.1 cm³/mol. The third-order valence-corrected chi connectivity index (χ3v) is 4.91. The number of H-pyrrole nitrogens is 1. The maximum absolute atomic E-state index is 11.9. The Balaban J connectivity index is 2.19. The summed E-state index contributed by atoms with van der Waals surface area (Å²) >= 11 is 0.924. The second-order valence-electron chi connectivity index (χ2n) is 3.37. The molecule has 3 N–H and O–H groups in total. The first kappa shape index (κ1) is 12.6. The number of hydrogen-bond donors (Lipinski definition) is 3. The van der Waals surface area contributed by atoms with E-state index in [9.17, 15) is 13.2 Å². The van der Waals surface area contributed by atoms with Crippen LogP contribution in [0.1, 0.15) is 4.88 Å². The molecule has 18 heavy (non-hydrogen) atoms. The van der Waals surface area contributed by atoms with Crippen molar-refractivity contribution in [3.63, 3.8) is 0 Å². The number of carbonyl (C=O) groups is 1. The van der Waals surface area contributed by atoms with E-state index in [2.05, 4.69) is 14.9 Å². The zero-order chi connectivity index (χ0) is 13.2. The van der Waals surface area contributed by atoms with Crippen LogP contribution in [-0.2, 0) is 21.2 Å². The number of aromatic nitrogens is 2. The van der Waals surface area contributed by atoms with Gasteiger partial charge >= 0.3 is 5.97 Å². The van der Waals surface area contributed by atoms with Gasteiger partial charge in [-0.1, -0.05) is 0 Å². The number of aromatic amines is 1. The fourth-order valence-corrected chi connectivity index (χ4v) is 3.62. The monoisotopic (exact) mass is 287 g/mol. The SMILES string of the molecule is O=C(O)Cc1ccc(S(=O)(=O)Nc2ccn[nH]2)s1. The molecule has 2 rings (SSSR count). The van der Waals surface area contributed by atoms with Crippen LogP contribution >= 0.6 is 11.3 Å². The van der Waals surface area contributed by atoms with Crippen molar-refractivity contribution < 1.29 is 18.3 Å². The third-order valence-electron chi connectivity index (χ3n) is 1.97. The summed E-state index contributed by atoms with van der Waals surface area (Å²) in [6.07, 6.45) is 1.23. The number of anilines is 1. The van der Waals surface area contributed by atoms with Gasteiger partial charge in [0, 0.05) is 10.9 Å².